The highest BCUT2D eigenvalue weighted by molar-refractivity contribution is 6.33. The van der Waals surface area contributed by atoms with Gasteiger partial charge in [-0.05, 0) is 26.0 Å². The van der Waals surface area contributed by atoms with E-state index in [9.17, 15) is 19.7 Å². The smallest absolute Gasteiger partial charge is 0.330 e. The van der Waals surface area contributed by atoms with E-state index in [2.05, 4.69) is 10.1 Å². The molecule has 108 valence electrons. The van der Waals surface area contributed by atoms with Gasteiger partial charge in [0.25, 0.3) is 5.91 Å². The molecule has 0 aromatic heterocycles. The molecule has 0 saturated carbocycles. The third-order valence-electron chi connectivity index (χ3n) is 2.54. The normalized spacial score (nSPS) is 10.8. The summed E-state index contributed by atoms with van der Waals surface area (Å²) in [5.41, 5.74) is -2.05. The minimum absolute atomic E-state index is 0.154. The lowest BCUT2D eigenvalue weighted by molar-refractivity contribution is -0.385. The second-order valence-electron chi connectivity index (χ2n) is 4.46. The van der Waals surface area contributed by atoms with Gasteiger partial charge in [0.1, 0.15) is 16.1 Å². The number of nitrogens with zero attached hydrogens (tertiary/aromatic N) is 1. The Bertz CT molecular complexity index is 571. The molecule has 1 aromatic carbocycles. The van der Waals surface area contributed by atoms with Gasteiger partial charge in [-0.3, -0.25) is 14.9 Å². The fourth-order valence-corrected chi connectivity index (χ4v) is 1.79. The number of esters is 1. The summed E-state index contributed by atoms with van der Waals surface area (Å²) in [6, 6.07) is 3.98. The first-order valence-corrected chi connectivity index (χ1v) is 5.92. The minimum atomic E-state index is -1.32. The number of carbonyl (C=O) groups is 2. The third kappa shape index (κ3) is 3.24. The van der Waals surface area contributed by atoms with Crippen molar-refractivity contribution in [3.8, 4) is 0 Å². The van der Waals surface area contributed by atoms with Gasteiger partial charge in [0.05, 0.1) is 12.0 Å². The minimum Gasteiger partial charge on any atom is -0.467 e. The summed E-state index contributed by atoms with van der Waals surface area (Å²) in [5.74, 6) is -1.45. The zero-order chi connectivity index (χ0) is 15.5. The van der Waals surface area contributed by atoms with Gasteiger partial charge < -0.3 is 10.1 Å². The lowest BCUT2D eigenvalue weighted by Crippen LogP contribution is -2.50. The number of benzene rings is 1. The number of ether oxygens (including phenoxy) is 1. The number of carbonyl (C=O) groups excluding carboxylic acids is 2. The molecule has 7 nitrogen and oxygen atoms in total. The number of nitro benzene ring substituents is 1. The molecule has 8 heteroatoms. The van der Waals surface area contributed by atoms with Crippen LogP contribution >= 0.6 is 11.6 Å². The fraction of sp³-hybridized carbons (Fsp3) is 0.333. The van der Waals surface area contributed by atoms with Crippen LogP contribution in [0.3, 0.4) is 0 Å². The number of rotatable bonds is 4. The number of hydrogen-bond acceptors (Lipinski definition) is 5. The van der Waals surface area contributed by atoms with Gasteiger partial charge in [-0.1, -0.05) is 17.7 Å². The van der Waals surface area contributed by atoms with E-state index in [1.54, 1.807) is 0 Å². The molecule has 20 heavy (non-hydrogen) atoms. The standard InChI is InChI=1S/C12H13ClN2O5/c1-12(2,11(17)20-3)14-10(16)7-5-4-6-8(13)9(7)15(18)19/h4-6H,1-3H3,(H,14,16). The van der Waals surface area contributed by atoms with E-state index in [-0.39, 0.29) is 10.6 Å². The Balaban J connectivity index is 3.14. The molecular formula is C12H13ClN2O5. The van der Waals surface area contributed by atoms with Crippen LogP contribution < -0.4 is 5.32 Å². The Hall–Kier alpha value is -2.15. The van der Waals surface area contributed by atoms with Crippen LogP contribution in [0.1, 0.15) is 24.2 Å². The van der Waals surface area contributed by atoms with E-state index in [1.165, 1.54) is 39.2 Å². The van der Waals surface area contributed by atoms with Crippen molar-refractivity contribution in [1.29, 1.82) is 0 Å². The second-order valence-corrected chi connectivity index (χ2v) is 4.87. The maximum atomic E-state index is 12.1. The second kappa shape index (κ2) is 5.87. The Kier molecular flexibility index (Phi) is 4.67. The summed E-state index contributed by atoms with van der Waals surface area (Å²) in [4.78, 5) is 33.8. The maximum Gasteiger partial charge on any atom is 0.330 e. The highest BCUT2D eigenvalue weighted by Crippen LogP contribution is 2.28. The molecule has 1 amide bonds. The SMILES string of the molecule is COC(=O)C(C)(C)NC(=O)c1cccc(Cl)c1[N+](=O)[O-]. The molecular weight excluding hydrogens is 288 g/mol. The van der Waals surface area contributed by atoms with Crippen molar-refractivity contribution in [2.75, 3.05) is 7.11 Å². The molecule has 0 saturated heterocycles. The number of nitro groups is 1. The number of para-hydroxylation sites is 1. The van der Waals surface area contributed by atoms with Gasteiger partial charge in [0.15, 0.2) is 0 Å². The lowest BCUT2D eigenvalue weighted by atomic mass is 10.0. The van der Waals surface area contributed by atoms with Crippen LogP contribution in [0.25, 0.3) is 0 Å². The molecule has 1 N–H and O–H groups in total. The summed E-state index contributed by atoms with van der Waals surface area (Å²) in [6.07, 6.45) is 0. The quantitative estimate of drug-likeness (QED) is 0.520. The van der Waals surface area contributed by atoms with E-state index < -0.39 is 28.0 Å². The molecule has 0 atom stereocenters. The number of nitrogens with one attached hydrogen (secondary N) is 1. The molecule has 0 aliphatic heterocycles. The third-order valence-corrected chi connectivity index (χ3v) is 2.84. The van der Waals surface area contributed by atoms with Crippen molar-refractivity contribution < 1.29 is 19.2 Å². The van der Waals surface area contributed by atoms with Crippen LogP contribution in [-0.2, 0) is 9.53 Å². The number of methoxy groups -OCH3 is 1. The first-order valence-electron chi connectivity index (χ1n) is 5.54. The van der Waals surface area contributed by atoms with Crippen molar-refractivity contribution in [3.05, 3.63) is 38.9 Å². The van der Waals surface area contributed by atoms with Gasteiger partial charge in [-0.2, -0.15) is 0 Å². The Morgan fingerprint density at radius 2 is 2.00 bits per heavy atom. The van der Waals surface area contributed by atoms with Crippen molar-refractivity contribution in [1.82, 2.24) is 5.32 Å². The van der Waals surface area contributed by atoms with Crippen molar-refractivity contribution in [2.24, 2.45) is 0 Å². The lowest BCUT2D eigenvalue weighted by Gasteiger charge is -2.23. The van der Waals surface area contributed by atoms with Crippen LogP contribution in [0, 0.1) is 10.1 Å². The predicted molar refractivity (Wildman–Crippen MR) is 71.7 cm³/mol. The molecule has 0 radical (unpaired) electrons. The van der Waals surface area contributed by atoms with Gasteiger partial charge in [-0.15, -0.1) is 0 Å². The molecule has 0 bridgehead atoms. The molecule has 1 aromatic rings. The molecule has 0 aliphatic carbocycles. The van der Waals surface area contributed by atoms with Crippen molar-refractivity contribution >= 4 is 29.2 Å². The Morgan fingerprint density at radius 3 is 2.50 bits per heavy atom. The Morgan fingerprint density at radius 1 is 1.40 bits per heavy atom. The average Bonchev–Trinajstić information content (AvgIpc) is 2.36. The molecule has 0 heterocycles. The first-order chi connectivity index (χ1) is 9.20. The van der Waals surface area contributed by atoms with Crippen LogP contribution in [0.2, 0.25) is 5.02 Å². The van der Waals surface area contributed by atoms with E-state index in [0.29, 0.717) is 0 Å². The van der Waals surface area contributed by atoms with E-state index in [4.69, 9.17) is 11.6 Å². The molecule has 0 aliphatic rings. The van der Waals surface area contributed by atoms with Gasteiger partial charge in [0, 0.05) is 0 Å². The summed E-state index contributed by atoms with van der Waals surface area (Å²) >= 11 is 5.72. The van der Waals surface area contributed by atoms with Gasteiger partial charge in [-0.25, -0.2) is 4.79 Å². The monoisotopic (exact) mass is 300 g/mol. The first kappa shape index (κ1) is 15.9. The molecule has 0 fully saturated rings. The highest BCUT2D eigenvalue weighted by Gasteiger charge is 2.33. The van der Waals surface area contributed by atoms with Crippen LogP contribution in [-0.4, -0.2) is 29.4 Å². The summed E-state index contributed by atoms with van der Waals surface area (Å²) in [6.45, 7) is 2.85. The molecule has 1 rings (SSSR count). The molecule has 0 spiro atoms. The van der Waals surface area contributed by atoms with Crippen LogP contribution in [0.4, 0.5) is 5.69 Å². The number of amides is 1. The zero-order valence-corrected chi connectivity index (χ0v) is 11.9. The van der Waals surface area contributed by atoms with Gasteiger partial charge >= 0.3 is 11.7 Å². The summed E-state index contributed by atoms with van der Waals surface area (Å²) in [7, 11) is 1.18. The number of hydrogen-bond donors (Lipinski definition) is 1. The Labute approximate surface area is 120 Å². The maximum absolute atomic E-state index is 12.1. The van der Waals surface area contributed by atoms with E-state index >= 15 is 0 Å². The van der Waals surface area contributed by atoms with Crippen LogP contribution in [0.5, 0.6) is 0 Å². The molecule has 0 unspecified atom stereocenters. The average molecular weight is 301 g/mol. The van der Waals surface area contributed by atoms with Crippen molar-refractivity contribution in [2.45, 2.75) is 19.4 Å². The van der Waals surface area contributed by atoms with E-state index in [0.717, 1.165) is 0 Å². The topological polar surface area (TPSA) is 98.5 Å². The van der Waals surface area contributed by atoms with Gasteiger partial charge in [0.2, 0.25) is 0 Å². The van der Waals surface area contributed by atoms with Crippen molar-refractivity contribution in [3.63, 3.8) is 0 Å². The fourth-order valence-electron chi connectivity index (χ4n) is 1.54. The van der Waals surface area contributed by atoms with Crippen LogP contribution in [0.15, 0.2) is 18.2 Å². The van der Waals surface area contributed by atoms with E-state index in [1.807, 2.05) is 0 Å². The zero-order valence-electron chi connectivity index (χ0n) is 11.1. The summed E-state index contributed by atoms with van der Waals surface area (Å²) in [5, 5.41) is 13.2. The predicted octanol–water partition coefficient (Wildman–Crippen LogP) is 1.93. The summed E-state index contributed by atoms with van der Waals surface area (Å²) < 4.78 is 4.54. The largest absolute Gasteiger partial charge is 0.467 e. The highest BCUT2D eigenvalue weighted by atomic mass is 35.5. The number of halogens is 1.